The molecule has 8 nitrogen and oxygen atoms in total. The molecular weight excluding hydrogens is 555 g/mol. The SMILES string of the molecule is CCCCCCCOc1ccc(C(=O)Oc2ccc(C[C@H](NC(=O)c3ccc(OC(F)(F)F)cc3)C(=O)O)cc2)cc1. The van der Waals surface area contributed by atoms with Gasteiger partial charge in [0, 0.05) is 12.0 Å². The quantitative estimate of drug-likeness (QED) is 0.117. The zero-order chi connectivity index (χ0) is 30.5. The fraction of sp³-hybridized carbons (Fsp3) is 0.323. The molecule has 3 aromatic rings. The number of benzene rings is 3. The van der Waals surface area contributed by atoms with Crippen LogP contribution in [0.2, 0.25) is 0 Å². The van der Waals surface area contributed by atoms with Crippen molar-refractivity contribution in [3.63, 3.8) is 0 Å². The van der Waals surface area contributed by atoms with Gasteiger partial charge in [0.05, 0.1) is 12.2 Å². The van der Waals surface area contributed by atoms with Gasteiger partial charge in [0.1, 0.15) is 23.3 Å². The number of amides is 1. The van der Waals surface area contributed by atoms with Gasteiger partial charge in [-0.25, -0.2) is 9.59 Å². The average Bonchev–Trinajstić information content (AvgIpc) is 2.95. The maximum Gasteiger partial charge on any atom is 0.573 e. The molecule has 0 unspecified atom stereocenters. The molecule has 1 amide bonds. The zero-order valence-electron chi connectivity index (χ0n) is 23.0. The predicted molar refractivity (Wildman–Crippen MR) is 148 cm³/mol. The van der Waals surface area contributed by atoms with E-state index in [1.54, 1.807) is 36.4 Å². The van der Waals surface area contributed by atoms with Crippen molar-refractivity contribution >= 4 is 17.8 Å². The van der Waals surface area contributed by atoms with Gasteiger partial charge in [-0.3, -0.25) is 4.79 Å². The maximum atomic E-state index is 12.5. The van der Waals surface area contributed by atoms with Crippen LogP contribution in [-0.4, -0.2) is 42.0 Å². The van der Waals surface area contributed by atoms with E-state index in [-0.39, 0.29) is 17.7 Å². The molecule has 1 atom stereocenters. The molecule has 224 valence electrons. The minimum atomic E-state index is -4.88. The Bertz CT molecular complexity index is 1310. The van der Waals surface area contributed by atoms with Gasteiger partial charge in [0.25, 0.3) is 5.91 Å². The Morgan fingerprint density at radius 1 is 0.786 bits per heavy atom. The molecule has 2 N–H and O–H groups in total. The number of carbonyl (C=O) groups excluding carboxylic acids is 2. The number of hydrogen-bond donors (Lipinski definition) is 2. The topological polar surface area (TPSA) is 111 Å². The van der Waals surface area contributed by atoms with Gasteiger partial charge in [0.2, 0.25) is 0 Å². The Morgan fingerprint density at radius 2 is 1.36 bits per heavy atom. The van der Waals surface area contributed by atoms with Crippen LogP contribution in [0.5, 0.6) is 17.2 Å². The highest BCUT2D eigenvalue weighted by Gasteiger charge is 2.31. The van der Waals surface area contributed by atoms with Gasteiger partial charge >= 0.3 is 18.3 Å². The second kappa shape index (κ2) is 15.5. The van der Waals surface area contributed by atoms with E-state index in [0.717, 1.165) is 37.1 Å². The van der Waals surface area contributed by atoms with Crippen LogP contribution in [0.1, 0.15) is 65.3 Å². The van der Waals surface area contributed by atoms with Crippen molar-refractivity contribution in [2.24, 2.45) is 0 Å². The number of hydrogen-bond acceptors (Lipinski definition) is 6. The minimum absolute atomic E-state index is 0.0416. The van der Waals surface area contributed by atoms with E-state index in [1.165, 1.54) is 31.4 Å². The van der Waals surface area contributed by atoms with Crippen LogP contribution in [0.3, 0.4) is 0 Å². The Morgan fingerprint density at radius 3 is 1.95 bits per heavy atom. The van der Waals surface area contributed by atoms with E-state index in [2.05, 4.69) is 17.0 Å². The summed E-state index contributed by atoms with van der Waals surface area (Å²) in [4.78, 5) is 36.8. The molecular formula is C31H32F3NO7. The Hall–Kier alpha value is -4.54. The number of ether oxygens (including phenoxy) is 3. The summed E-state index contributed by atoms with van der Waals surface area (Å²) in [6.07, 6.45) is 0.705. The van der Waals surface area contributed by atoms with Crippen molar-refractivity contribution in [2.75, 3.05) is 6.61 Å². The van der Waals surface area contributed by atoms with Gasteiger partial charge in [-0.15, -0.1) is 13.2 Å². The van der Waals surface area contributed by atoms with Crippen molar-refractivity contribution in [3.8, 4) is 17.2 Å². The first kappa shape index (κ1) is 32.0. The molecule has 0 aliphatic heterocycles. The van der Waals surface area contributed by atoms with E-state index in [1.807, 2.05) is 0 Å². The summed E-state index contributed by atoms with van der Waals surface area (Å²) in [7, 11) is 0. The number of carboxylic acids is 1. The molecule has 11 heteroatoms. The molecule has 0 fully saturated rings. The molecule has 42 heavy (non-hydrogen) atoms. The molecule has 3 rings (SSSR count). The van der Waals surface area contributed by atoms with Crippen LogP contribution < -0.4 is 19.5 Å². The molecule has 0 aliphatic carbocycles. The van der Waals surface area contributed by atoms with Crippen molar-refractivity contribution in [1.82, 2.24) is 5.32 Å². The highest BCUT2D eigenvalue weighted by atomic mass is 19.4. The molecule has 0 radical (unpaired) electrons. The second-order valence-corrected chi connectivity index (χ2v) is 9.46. The monoisotopic (exact) mass is 587 g/mol. The number of esters is 1. The van der Waals surface area contributed by atoms with Crippen LogP contribution in [0.4, 0.5) is 13.2 Å². The number of carbonyl (C=O) groups is 3. The third kappa shape index (κ3) is 10.8. The summed E-state index contributed by atoms with van der Waals surface area (Å²) in [5, 5.41) is 11.9. The van der Waals surface area contributed by atoms with E-state index in [0.29, 0.717) is 23.5 Å². The first-order chi connectivity index (χ1) is 20.0. The van der Waals surface area contributed by atoms with Crippen LogP contribution in [0.15, 0.2) is 72.8 Å². The largest absolute Gasteiger partial charge is 0.573 e. The van der Waals surface area contributed by atoms with Crippen LogP contribution in [-0.2, 0) is 11.2 Å². The van der Waals surface area contributed by atoms with Crippen LogP contribution in [0, 0.1) is 0 Å². The number of unbranched alkanes of at least 4 members (excludes halogenated alkanes) is 4. The van der Waals surface area contributed by atoms with Crippen molar-refractivity contribution in [1.29, 1.82) is 0 Å². The van der Waals surface area contributed by atoms with Gasteiger partial charge in [-0.1, -0.05) is 44.7 Å². The van der Waals surface area contributed by atoms with Gasteiger partial charge in [0.15, 0.2) is 0 Å². The predicted octanol–water partition coefficient (Wildman–Crippen LogP) is 6.58. The van der Waals surface area contributed by atoms with Gasteiger partial charge in [-0.05, 0) is 72.6 Å². The lowest BCUT2D eigenvalue weighted by Gasteiger charge is -2.15. The Balaban J connectivity index is 1.50. The van der Waals surface area contributed by atoms with Crippen molar-refractivity contribution in [2.45, 2.75) is 57.9 Å². The highest BCUT2D eigenvalue weighted by Crippen LogP contribution is 2.23. The second-order valence-electron chi connectivity index (χ2n) is 9.46. The standard InChI is InChI=1S/C31H32F3NO7/c1-2-3-4-5-6-19-40-24-15-11-23(12-16-24)30(39)41-25-13-7-21(8-14-25)20-27(29(37)38)35-28(36)22-9-17-26(18-10-22)42-31(32,33)34/h7-18,27H,2-6,19-20H2,1H3,(H,35,36)(H,37,38)/t27-/m0/s1. The number of nitrogens with one attached hydrogen (secondary N) is 1. The van der Waals surface area contributed by atoms with E-state index in [9.17, 15) is 32.7 Å². The first-order valence-corrected chi connectivity index (χ1v) is 13.5. The fourth-order valence-electron chi connectivity index (χ4n) is 3.93. The summed E-state index contributed by atoms with van der Waals surface area (Å²) >= 11 is 0. The smallest absolute Gasteiger partial charge is 0.494 e. The minimum Gasteiger partial charge on any atom is -0.494 e. The lowest BCUT2D eigenvalue weighted by atomic mass is 10.1. The highest BCUT2D eigenvalue weighted by molar-refractivity contribution is 5.96. The molecule has 3 aromatic carbocycles. The molecule has 0 bridgehead atoms. The molecule has 0 aromatic heterocycles. The van der Waals surface area contributed by atoms with Gasteiger partial charge < -0.3 is 24.6 Å². The Kier molecular flexibility index (Phi) is 11.8. The van der Waals surface area contributed by atoms with E-state index < -0.39 is 36.0 Å². The summed E-state index contributed by atoms with van der Waals surface area (Å²) in [6, 6.07) is 15.5. The number of rotatable bonds is 15. The molecule has 0 spiro atoms. The lowest BCUT2D eigenvalue weighted by molar-refractivity contribution is -0.274. The number of carboxylic acid groups (broad SMARTS) is 1. The number of halogens is 3. The zero-order valence-corrected chi connectivity index (χ0v) is 23.0. The van der Waals surface area contributed by atoms with Crippen LogP contribution in [0.25, 0.3) is 0 Å². The normalized spacial score (nSPS) is 11.8. The average molecular weight is 588 g/mol. The summed E-state index contributed by atoms with van der Waals surface area (Å²) < 4.78 is 51.8. The number of aliphatic carboxylic acids is 1. The van der Waals surface area contributed by atoms with Crippen molar-refractivity contribution in [3.05, 3.63) is 89.5 Å². The molecule has 0 heterocycles. The van der Waals surface area contributed by atoms with Crippen LogP contribution >= 0.6 is 0 Å². The first-order valence-electron chi connectivity index (χ1n) is 13.5. The lowest BCUT2D eigenvalue weighted by Crippen LogP contribution is -2.42. The Labute approximate surface area is 241 Å². The molecule has 0 aliphatic rings. The van der Waals surface area contributed by atoms with Crippen molar-refractivity contribution < 1.29 is 46.9 Å². The third-order valence-corrected chi connectivity index (χ3v) is 6.13. The van der Waals surface area contributed by atoms with E-state index in [4.69, 9.17) is 9.47 Å². The van der Waals surface area contributed by atoms with E-state index >= 15 is 0 Å². The molecule has 0 saturated carbocycles. The summed E-state index contributed by atoms with van der Waals surface area (Å²) in [6.45, 7) is 2.78. The maximum absolute atomic E-state index is 12.5. The molecule has 0 saturated heterocycles. The number of alkyl halides is 3. The summed E-state index contributed by atoms with van der Waals surface area (Å²) in [5.41, 5.74) is 0.827. The van der Waals surface area contributed by atoms with Gasteiger partial charge in [-0.2, -0.15) is 0 Å². The summed E-state index contributed by atoms with van der Waals surface area (Å²) in [5.74, 6) is -2.26. The fourth-order valence-corrected chi connectivity index (χ4v) is 3.93. The third-order valence-electron chi connectivity index (χ3n) is 6.13.